The topological polar surface area (TPSA) is 41.7 Å². The SMILES string of the molecule is COc1ccc(C(N)=S)cc1CN1CCC(N(C)C)C1. The second-order valence-corrected chi connectivity index (χ2v) is 5.97. The van der Waals surface area contributed by atoms with Crippen LogP contribution in [0, 0.1) is 0 Å². The first-order chi connectivity index (χ1) is 9.51. The van der Waals surface area contributed by atoms with E-state index in [2.05, 4.69) is 23.9 Å². The average Bonchev–Trinajstić information content (AvgIpc) is 2.87. The number of likely N-dealkylation sites (tertiary alicyclic amines) is 1. The third kappa shape index (κ3) is 3.48. The van der Waals surface area contributed by atoms with Crippen LogP contribution in [0.3, 0.4) is 0 Å². The Balaban J connectivity index is 2.12. The van der Waals surface area contributed by atoms with Crippen LogP contribution >= 0.6 is 12.2 Å². The predicted octanol–water partition coefficient (Wildman–Crippen LogP) is 1.47. The summed E-state index contributed by atoms with van der Waals surface area (Å²) in [6.07, 6.45) is 1.21. The van der Waals surface area contributed by atoms with Crippen molar-refractivity contribution in [3.63, 3.8) is 0 Å². The molecular formula is C15H23N3OS. The van der Waals surface area contributed by atoms with Crippen molar-refractivity contribution in [2.45, 2.75) is 19.0 Å². The third-order valence-corrected chi connectivity index (χ3v) is 4.17. The molecule has 0 saturated carbocycles. The number of nitrogens with two attached hydrogens (primary N) is 1. The highest BCUT2D eigenvalue weighted by atomic mass is 32.1. The highest BCUT2D eigenvalue weighted by Gasteiger charge is 2.24. The minimum Gasteiger partial charge on any atom is -0.496 e. The van der Waals surface area contributed by atoms with Crippen LogP contribution in [0.2, 0.25) is 0 Å². The van der Waals surface area contributed by atoms with E-state index in [0.717, 1.165) is 36.5 Å². The van der Waals surface area contributed by atoms with Crippen LogP contribution in [0.1, 0.15) is 17.5 Å². The zero-order valence-corrected chi connectivity index (χ0v) is 13.2. The van der Waals surface area contributed by atoms with Crippen molar-refractivity contribution < 1.29 is 4.74 Å². The number of thiocarbonyl (C=S) groups is 1. The van der Waals surface area contributed by atoms with E-state index in [1.807, 2.05) is 18.2 Å². The number of nitrogens with zero attached hydrogens (tertiary/aromatic N) is 2. The molecule has 1 atom stereocenters. The Morgan fingerprint density at radius 3 is 2.80 bits per heavy atom. The van der Waals surface area contributed by atoms with Crippen molar-refractivity contribution in [3.8, 4) is 5.75 Å². The molecule has 110 valence electrons. The maximum atomic E-state index is 5.71. The van der Waals surface area contributed by atoms with Gasteiger partial charge in [0.05, 0.1) is 7.11 Å². The summed E-state index contributed by atoms with van der Waals surface area (Å²) in [6, 6.07) is 6.55. The van der Waals surface area contributed by atoms with Crippen LogP contribution in [0.15, 0.2) is 18.2 Å². The molecule has 1 saturated heterocycles. The molecule has 0 amide bonds. The van der Waals surface area contributed by atoms with E-state index in [0.29, 0.717) is 11.0 Å². The van der Waals surface area contributed by atoms with Gasteiger partial charge in [0.25, 0.3) is 0 Å². The number of ether oxygens (including phenoxy) is 1. The van der Waals surface area contributed by atoms with Crippen molar-refractivity contribution in [2.75, 3.05) is 34.3 Å². The summed E-state index contributed by atoms with van der Waals surface area (Å²) in [4.78, 5) is 5.18. The van der Waals surface area contributed by atoms with Gasteiger partial charge in [-0.25, -0.2) is 0 Å². The van der Waals surface area contributed by atoms with Crippen LogP contribution in [0.4, 0.5) is 0 Å². The molecule has 4 nitrogen and oxygen atoms in total. The lowest BCUT2D eigenvalue weighted by Crippen LogP contribution is -2.31. The fourth-order valence-electron chi connectivity index (χ4n) is 2.67. The largest absolute Gasteiger partial charge is 0.496 e. The Labute approximate surface area is 126 Å². The zero-order valence-electron chi connectivity index (χ0n) is 12.4. The number of rotatable bonds is 5. The van der Waals surface area contributed by atoms with Crippen LogP contribution in [-0.2, 0) is 6.54 Å². The van der Waals surface area contributed by atoms with Gasteiger partial charge in [-0.1, -0.05) is 12.2 Å². The van der Waals surface area contributed by atoms with Gasteiger partial charge in [-0.3, -0.25) is 4.90 Å². The molecule has 1 fully saturated rings. The molecule has 5 heteroatoms. The molecule has 2 rings (SSSR count). The number of benzene rings is 1. The first-order valence-electron chi connectivity index (χ1n) is 6.86. The summed E-state index contributed by atoms with van der Waals surface area (Å²) in [5.41, 5.74) is 7.77. The first kappa shape index (κ1) is 15.2. The minimum atomic E-state index is 0.432. The van der Waals surface area contributed by atoms with Crippen molar-refractivity contribution in [2.24, 2.45) is 5.73 Å². The Bertz CT molecular complexity index is 490. The lowest BCUT2D eigenvalue weighted by Gasteiger charge is -2.21. The Morgan fingerprint density at radius 1 is 1.50 bits per heavy atom. The second-order valence-electron chi connectivity index (χ2n) is 5.53. The van der Waals surface area contributed by atoms with E-state index in [1.165, 1.54) is 6.42 Å². The van der Waals surface area contributed by atoms with Gasteiger partial charge in [0, 0.05) is 36.8 Å². The van der Waals surface area contributed by atoms with Crippen molar-refractivity contribution in [1.82, 2.24) is 9.80 Å². The van der Waals surface area contributed by atoms with Gasteiger partial charge in [-0.2, -0.15) is 0 Å². The molecule has 0 spiro atoms. The first-order valence-corrected chi connectivity index (χ1v) is 7.27. The summed E-state index contributed by atoms with van der Waals surface area (Å²) in [6.45, 7) is 3.08. The van der Waals surface area contributed by atoms with Gasteiger partial charge >= 0.3 is 0 Å². The van der Waals surface area contributed by atoms with Crippen molar-refractivity contribution >= 4 is 17.2 Å². The molecule has 1 heterocycles. The molecule has 1 aliphatic rings. The zero-order chi connectivity index (χ0) is 14.7. The monoisotopic (exact) mass is 293 g/mol. The molecule has 1 unspecified atom stereocenters. The Hall–Kier alpha value is -1.17. The van der Waals surface area contributed by atoms with Crippen LogP contribution in [0.25, 0.3) is 0 Å². The van der Waals surface area contributed by atoms with E-state index in [1.54, 1.807) is 7.11 Å². The molecule has 0 bridgehead atoms. The summed E-state index contributed by atoms with van der Waals surface area (Å²) in [5.74, 6) is 0.901. The third-order valence-electron chi connectivity index (χ3n) is 3.94. The van der Waals surface area contributed by atoms with E-state index in [4.69, 9.17) is 22.7 Å². The van der Waals surface area contributed by atoms with Gasteiger partial charge in [0.15, 0.2) is 0 Å². The minimum absolute atomic E-state index is 0.432. The van der Waals surface area contributed by atoms with Crippen molar-refractivity contribution in [3.05, 3.63) is 29.3 Å². The molecule has 2 N–H and O–H groups in total. The molecule has 0 radical (unpaired) electrons. The second kappa shape index (κ2) is 6.52. The van der Waals surface area contributed by atoms with Gasteiger partial charge < -0.3 is 15.4 Å². The summed E-state index contributed by atoms with van der Waals surface area (Å²) >= 11 is 5.05. The fraction of sp³-hybridized carbons (Fsp3) is 0.533. The molecular weight excluding hydrogens is 270 g/mol. The molecule has 1 aliphatic heterocycles. The highest BCUT2D eigenvalue weighted by Crippen LogP contribution is 2.24. The summed E-state index contributed by atoms with van der Waals surface area (Å²) in [5, 5.41) is 0. The molecule has 1 aromatic rings. The van der Waals surface area contributed by atoms with Gasteiger partial charge in [0.2, 0.25) is 0 Å². The van der Waals surface area contributed by atoms with Gasteiger partial charge in [-0.05, 0) is 38.7 Å². The number of methoxy groups -OCH3 is 1. The van der Waals surface area contributed by atoms with E-state index in [-0.39, 0.29) is 0 Å². The van der Waals surface area contributed by atoms with E-state index >= 15 is 0 Å². The Kier molecular flexibility index (Phi) is 4.96. The number of hydrogen-bond acceptors (Lipinski definition) is 4. The fourth-order valence-corrected chi connectivity index (χ4v) is 2.80. The maximum Gasteiger partial charge on any atom is 0.123 e. The van der Waals surface area contributed by atoms with E-state index < -0.39 is 0 Å². The van der Waals surface area contributed by atoms with Crippen LogP contribution < -0.4 is 10.5 Å². The normalized spacial score (nSPS) is 19.5. The van der Waals surface area contributed by atoms with Crippen LogP contribution in [0.5, 0.6) is 5.75 Å². The lowest BCUT2D eigenvalue weighted by molar-refractivity contribution is 0.262. The van der Waals surface area contributed by atoms with Gasteiger partial charge in [0.1, 0.15) is 10.7 Å². The summed E-state index contributed by atoms with van der Waals surface area (Å²) in [7, 11) is 5.98. The maximum absolute atomic E-state index is 5.71. The van der Waals surface area contributed by atoms with E-state index in [9.17, 15) is 0 Å². The standard InChI is InChI=1S/C15H23N3OS/c1-17(2)13-6-7-18(10-13)9-12-8-11(15(16)20)4-5-14(12)19-3/h4-5,8,13H,6-7,9-10H2,1-3H3,(H2,16,20). The lowest BCUT2D eigenvalue weighted by atomic mass is 10.1. The average molecular weight is 293 g/mol. The molecule has 1 aromatic carbocycles. The smallest absolute Gasteiger partial charge is 0.123 e. The number of likely N-dealkylation sites (N-methyl/N-ethyl adjacent to an activating group) is 1. The Morgan fingerprint density at radius 2 is 2.25 bits per heavy atom. The van der Waals surface area contributed by atoms with Crippen molar-refractivity contribution in [1.29, 1.82) is 0 Å². The highest BCUT2D eigenvalue weighted by molar-refractivity contribution is 7.80. The molecule has 20 heavy (non-hydrogen) atoms. The number of hydrogen-bond donors (Lipinski definition) is 1. The predicted molar refractivity (Wildman–Crippen MR) is 86.3 cm³/mol. The molecule has 0 aromatic heterocycles. The quantitative estimate of drug-likeness (QED) is 0.833. The van der Waals surface area contributed by atoms with Crippen LogP contribution in [-0.4, -0.2) is 55.1 Å². The summed E-state index contributed by atoms with van der Waals surface area (Å²) < 4.78 is 5.44. The van der Waals surface area contributed by atoms with Gasteiger partial charge in [-0.15, -0.1) is 0 Å². The molecule has 0 aliphatic carbocycles.